The van der Waals surface area contributed by atoms with Gasteiger partial charge in [0, 0.05) is 12.1 Å². The number of para-hydroxylation sites is 1. The van der Waals surface area contributed by atoms with Crippen molar-refractivity contribution in [2.24, 2.45) is 5.10 Å². The highest BCUT2D eigenvalue weighted by molar-refractivity contribution is 6.02. The second kappa shape index (κ2) is 9.53. The predicted octanol–water partition coefficient (Wildman–Crippen LogP) is 4.19. The van der Waals surface area contributed by atoms with Crippen molar-refractivity contribution in [3.63, 3.8) is 0 Å². The third kappa shape index (κ3) is 4.49. The maximum Gasteiger partial charge on any atom is 0.262 e. The molecular weight excluding hydrogens is 436 g/mol. The number of rotatable bonds is 8. The minimum atomic E-state index is -0.378. The summed E-state index contributed by atoms with van der Waals surface area (Å²) in [5.74, 6) is 1.35. The van der Waals surface area contributed by atoms with Gasteiger partial charge in [0.05, 0.1) is 37.4 Å². The van der Waals surface area contributed by atoms with Gasteiger partial charge in [0.2, 0.25) is 0 Å². The Morgan fingerprint density at radius 1 is 0.941 bits per heavy atom. The summed E-state index contributed by atoms with van der Waals surface area (Å²) in [6.07, 6.45) is 5.16. The Bertz CT molecular complexity index is 1280. The summed E-state index contributed by atoms with van der Waals surface area (Å²) in [6, 6.07) is 17.4. The Labute approximate surface area is 195 Å². The third-order valence-electron chi connectivity index (χ3n) is 5.45. The first-order chi connectivity index (χ1) is 16.7. The molecule has 0 saturated heterocycles. The monoisotopic (exact) mass is 458 g/mol. The highest BCUT2D eigenvalue weighted by atomic mass is 16.3. The summed E-state index contributed by atoms with van der Waals surface area (Å²) in [5.41, 5.74) is 1.62. The summed E-state index contributed by atoms with van der Waals surface area (Å²) < 4.78 is 16.3. The Kier molecular flexibility index (Phi) is 5.98. The number of furan rings is 3. The molecular formula is C25H22N4O5. The molecule has 3 aromatic heterocycles. The van der Waals surface area contributed by atoms with Crippen LogP contribution in [-0.4, -0.2) is 29.1 Å². The van der Waals surface area contributed by atoms with Crippen LogP contribution in [-0.2, 0) is 11.3 Å². The molecule has 5 rings (SSSR count). The van der Waals surface area contributed by atoms with Crippen LogP contribution in [0.5, 0.6) is 0 Å². The average Bonchev–Trinajstić information content (AvgIpc) is 3.67. The van der Waals surface area contributed by atoms with E-state index in [4.69, 9.17) is 13.3 Å². The number of nitrogens with one attached hydrogen (secondary N) is 2. The molecule has 9 heteroatoms. The molecule has 4 heterocycles. The van der Waals surface area contributed by atoms with Crippen molar-refractivity contribution in [3.05, 3.63) is 102 Å². The smallest absolute Gasteiger partial charge is 0.262 e. The minimum Gasteiger partial charge on any atom is -0.467 e. The summed E-state index contributed by atoms with van der Waals surface area (Å²) in [4.78, 5) is 25.9. The lowest BCUT2D eigenvalue weighted by molar-refractivity contribution is -0.131. The van der Waals surface area contributed by atoms with Crippen LogP contribution in [0.1, 0.15) is 40.1 Å². The second-order valence-corrected chi connectivity index (χ2v) is 7.66. The number of carbonyl (C=O) groups excluding carboxylic acids is 2. The van der Waals surface area contributed by atoms with Crippen LogP contribution in [0.25, 0.3) is 0 Å². The maximum absolute atomic E-state index is 13.2. The lowest BCUT2D eigenvalue weighted by Gasteiger charge is -2.20. The molecule has 1 aromatic carbocycles. The van der Waals surface area contributed by atoms with Crippen LogP contribution in [0.3, 0.4) is 0 Å². The Hall–Kier alpha value is -4.53. The molecule has 2 N–H and O–H groups in total. The van der Waals surface area contributed by atoms with Gasteiger partial charge in [-0.3, -0.25) is 9.59 Å². The van der Waals surface area contributed by atoms with Gasteiger partial charge in [0.25, 0.3) is 11.8 Å². The van der Waals surface area contributed by atoms with Gasteiger partial charge in [-0.1, -0.05) is 12.1 Å². The number of carbonyl (C=O) groups is 2. The Balaban J connectivity index is 1.29. The number of nitrogens with zero attached hydrogens (tertiary/aromatic N) is 2. The van der Waals surface area contributed by atoms with Crippen molar-refractivity contribution >= 4 is 23.2 Å². The van der Waals surface area contributed by atoms with E-state index in [1.807, 2.05) is 12.1 Å². The summed E-state index contributed by atoms with van der Waals surface area (Å²) in [7, 11) is 0. The molecule has 34 heavy (non-hydrogen) atoms. The van der Waals surface area contributed by atoms with Gasteiger partial charge in [-0.2, -0.15) is 5.10 Å². The molecule has 0 fully saturated rings. The molecule has 0 bridgehead atoms. The van der Waals surface area contributed by atoms with Gasteiger partial charge in [-0.25, -0.2) is 5.01 Å². The van der Waals surface area contributed by atoms with Gasteiger partial charge in [-0.15, -0.1) is 0 Å². The van der Waals surface area contributed by atoms with E-state index in [9.17, 15) is 9.59 Å². The van der Waals surface area contributed by atoms with Crippen LogP contribution in [0.4, 0.5) is 5.69 Å². The number of amides is 2. The number of hydrogen-bond acceptors (Lipinski definition) is 7. The summed E-state index contributed by atoms with van der Waals surface area (Å²) in [6.45, 7) is 0.205. The highest BCUT2D eigenvalue weighted by Crippen LogP contribution is 2.33. The Morgan fingerprint density at radius 3 is 2.50 bits per heavy atom. The van der Waals surface area contributed by atoms with Gasteiger partial charge in [0.1, 0.15) is 29.0 Å². The van der Waals surface area contributed by atoms with E-state index in [1.54, 1.807) is 67.3 Å². The fraction of sp³-hybridized carbons (Fsp3) is 0.160. The second-order valence-electron chi connectivity index (χ2n) is 7.66. The van der Waals surface area contributed by atoms with E-state index in [2.05, 4.69) is 15.7 Å². The zero-order valence-electron chi connectivity index (χ0n) is 18.1. The summed E-state index contributed by atoms with van der Waals surface area (Å²) >= 11 is 0. The van der Waals surface area contributed by atoms with Crippen LogP contribution in [0.2, 0.25) is 0 Å². The lowest BCUT2D eigenvalue weighted by Crippen LogP contribution is -2.32. The van der Waals surface area contributed by atoms with E-state index in [-0.39, 0.29) is 30.9 Å². The standard InChI is InChI=1S/C25H22N4O5/c30-24(29-21(23-10-5-13-34-23)14-20(28-29)22-9-4-12-33-22)16-26-19-8-2-1-7-18(19)25(31)27-15-17-6-3-11-32-17/h1-13,21,26H,14-16H2,(H,27,31). The van der Waals surface area contributed by atoms with E-state index >= 15 is 0 Å². The third-order valence-corrected chi connectivity index (χ3v) is 5.45. The summed E-state index contributed by atoms with van der Waals surface area (Å²) in [5, 5.41) is 11.8. The SMILES string of the molecule is O=C(NCc1ccco1)c1ccccc1NCC(=O)N1N=C(c2ccco2)CC1c1ccco1. The van der Waals surface area contributed by atoms with Crippen molar-refractivity contribution in [2.45, 2.75) is 19.0 Å². The average molecular weight is 458 g/mol. The van der Waals surface area contributed by atoms with Crippen molar-refractivity contribution in [1.29, 1.82) is 0 Å². The quantitative estimate of drug-likeness (QED) is 0.409. The molecule has 0 saturated carbocycles. The zero-order valence-corrected chi connectivity index (χ0v) is 18.1. The van der Waals surface area contributed by atoms with Gasteiger partial charge >= 0.3 is 0 Å². The molecule has 1 aliphatic rings. The fourth-order valence-corrected chi connectivity index (χ4v) is 3.80. The van der Waals surface area contributed by atoms with E-state index in [0.717, 1.165) is 0 Å². The zero-order chi connectivity index (χ0) is 23.3. The van der Waals surface area contributed by atoms with E-state index in [0.29, 0.717) is 40.7 Å². The maximum atomic E-state index is 13.2. The molecule has 0 spiro atoms. The first-order valence-electron chi connectivity index (χ1n) is 10.8. The highest BCUT2D eigenvalue weighted by Gasteiger charge is 2.35. The molecule has 9 nitrogen and oxygen atoms in total. The van der Waals surface area contributed by atoms with Gasteiger partial charge in [0.15, 0.2) is 0 Å². The first-order valence-corrected chi connectivity index (χ1v) is 10.8. The molecule has 1 atom stereocenters. The Morgan fingerprint density at radius 2 is 1.74 bits per heavy atom. The van der Waals surface area contributed by atoms with Crippen LogP contribution >= 0.6 is 0 Å². The van der Waals surface area contributed by atoms with Crippen molar-refractivity contribution in [1.82, 2.24) is 10.3 Å². The molecule has 172 valence electrons. The number of hydrazone groups is 1. The largest absolute Gasteiger partial charge is 0.467 e. The molecule has 0 radical (unpaired) electrons. The lowest BCUT2D eigenvalue weighted by atomic mass is 10.1. The molecule has 2 amide bonds. The van der Waals surface area contributed by atoms with Crippen molar-refractivity contribution in [3.8, 4) is 0 Å². The minimum absolute atomic E-state index is 0.0609. The normalized spacial score (nSPS) is 15.2. The van der Waals surface area contributed by atoms with Crippen LogP contribution < -0.4 is 10.6 Å². The molecule has 0 aliphatic carbocycles. The number of hydrogen-bond donors (Lipinski definition) is 2. The van der Waals surface area contributed by atoms with Crippen LogP contribution in [0, 0.1) is 0 Å². The number of anilines is 1. The molecule has 1 aliphatic heterocycles. The number of benzene rings is 1. The fourth-order valence-electron chi connectivity index (χ4n) is 3.80. The van der Waals surface area contributed by atoms with Gasteiger partial charge < -0.3 is 23.9 Å². The molecule has 1 unspecified atom stereocenters. The van der Waals surface area contributed by atoms with Crippen LogP contribution in [0.15, 0.2) is 97.8 Å². The van der Waals surface area contributed by atoms with Crippen molar-refractivity contribution < 1.29 is 22.8 Å². The van der Waals surface area contributed by atoms with Crippen molar-refractivity contribution in [2.75, 3.05) is 11.9 Å². The molecule has 4 aromatic rings. The first kappa shape index (κ1) is 21.3. The topological polar surface area (TPSA) is 113 Å². The van der Waals surface area contributed by atoms with Gasteiger partial charge in [-0.05, 0) is 48.5 Å². The van der Waals surface area contributed by atoms with E-state index in [1.165, 1.54) is 5.01 Å². The van der Waals surface area contributed by atoms with E-state index < -0.39 is 0 Å². The predicted molar refractivity (Wildman–Crippen MR) is 123 cm³/mol.